The molecule has 1 aromatic carbocycles. The van der Waals surface area contributed by atoms with Crippen LogP contribution in [-0.2, 0) is 6.54 Å². The van der Waals surface area contributed by atoms with Crippen molar-refractivity contribution >= 4 is 11.6 Å². The van der Waals surface area contributed by atoms with Crippen molar-refractivity contribution in [1.29, 1.82) is 0 Å². The van der Waals surface area contributed by atoms with Crippen molar-refractivity contribution in [1.82, 2.24) is 0 Å². The Morgan fingerprint density at radius 3 is 2.65 bits per heavy atom. The fraction of sp³-hybridized carbons (Fsp3) is 0.267. The number of ether oxygens (including phenoxy) is 1. The molecule has 0 aliphatic heterocycles. The van der Waals surface area contributed by atoms with E-state index in [-0.39, 0.29) is 5.91 Å². The fourth-order valence-corrected chi connectivity index (χ4v) is 2.01. The number of amides is 1. The molecule has 1 heterocycles. The predicted molar refractivity (Wildman–Crippen MR) is 77.0 cm³/mol. The molecule has 0 unspecified atom stereocenters. The van der Waals surface area contributed by atoms with Gasteiger partial charge in [-0.25, -0.2) is 0 Å². The van der Waals surface area contributed by atoms with E-state index in [0.717, 1.165) is 5.56 Å². The molecular weight excluding hydrogens is 256 g/mol. The maximum absolute atomic E-state index is 12.2. The molecule has 0 saturated carbocycles. The number of furan rings is 1. The van der Waals surface area contributed by atoms with E-state index in [1.54, 1.807) is 33.1 Å². The van der Waals surface area contributed by atoms with E-state index < -0.39 is 0 Å². The first-order valence-corrected chi connectivity index (χ1v) is 6.30. The summed E-state index contributed by atoms with van der Waals surface area (Å²) in [6.45, 7) is 3.99. The van der Waals surface area contributed by atoms with Gasteiger partial charge in [-0.2, -0.15) is 0 Å². The van der Waals surface area contributed by atoms with Crippen LogP contribution in [0.3, 0.4) is 0 Å². The van der Waals surface area contributed by atoms with Crippen molar-refractivity contribution in [3.8, 4) is 5.75 Å². The van der Waals surface area contributed by atoms with Gasteiger partial charge in [-0.05, 0) is 37.6 Å². The van der Waals surface area contributed by atoms with E-state index in [4.69, 9.17) is 14.9 Å². The van der Waals surface area contributed by atoms with Gasteiger partial charge in [-0.15, -0.1) is 0 Å². The molecule has 106 valence electrons. The van der Waals surface area contributed by atoms with Crippen LogP contribution in [0.25, 0.3) is 0 Å². The van der Waals surface area contributed by atoms with Gasteiger partial charge < -0.3 is 20.2 Å². The van der Waals surface area contributed by atoms with Crippen LogP contribution in [0.5, 0.6) is 5.75 Å². The lowest BCUT2D eigenvalue weighted by Crippen LogP contribution is -2.13. The molecule has 5 heteroatoms. The third-order valence-corrected chi connectivity index (χ3v) is 3.04. The van der Waals surface area contributed by atoms with Crippen LogP contribution in [0, 0.1) is 13.8 Å². The van der Waals surface area contributed by atoms with Gasteiger partial charge in [0.25, 0.3) is 5.91 Å². The summed E-state index contributed by atoms with van der Waals surface area (Å²) in [7, 11) is 1.55. The third-order valence-electron chi connectivity index (χ3n) is 3.04. The molecule has 2 rings (SSSR count). The van der Waals surface area contributed by atoms with Gasteiger partial charge in [-0.3, -0.25) is 4.79 Å². The number of hydrogen-bond donors (Lipinski definition) is 2. The van der Waals surface area contributed by atoms with Crippen LogP contribution in [0.2, 0.25) is 0 Å². The lowest BCUT2D eigenvalue weighted by atomic mass is 10.1. The number of anilines is 1. The molecule has 3 N–H and O–H groups in total. The molecule has 0 aliphatic carbocycles. The van der Waals surface area contributed by atoms with Crippen LogP contribution in [0.1, 0.15) is 27.4 Å². The van der Waals surface area contributed by atoms with E-state index in [1.165, 1.54) is 0 Å². The Balaban J connectivity index is 2.25. The fourth-order valence-electron chi connectivity index (χ4n) is 2.01. The van der Waals surface area contributed by atoms with Crippen molar-refractivity contribution in [3.05, 3.63) is 46.9 Å². The summed E-state index contributed by atoms with van der Waals surface area (Å²) < 4.78 is 10.6. The van der Waals surface area contributed by atoms with Crippen LogP contribution >= 0.6 is 0 Å². The first kappa shape index (κ1) is 14.1. The Kier molecular flexibility index (Phi) is 4.10. The molecule has 0 atom stereocenters. The maximum atomic E-state index is 12.2. The maximum Gasteiger partial charge on any atom is 0.259 e. The van der Waals surface area contributed by atoms with Gasteiger partial charge in [0.2, 0.25) is 0 Å². The summed E-state index contributed by atoms with van der Waals surface area (Å²) in [6.07, 6.45) is 0. The largest absolute Gasteiger partial charge is 0.495 e. The van der Waals surface area contributed by atoms with E-state index in [9.17, 15) is 4.79 Å². The zero-order valence-corrected chi connectivity index (χ0v) is 11.8. The van der Waals surface area contributed by atoms with E-state index in [1.807, 2.05) is 12.1 Å². The summed E-state index contributed by atoms with van der Waals surface area (Å²) in [5.41, 5.74) is 7.65. The molecule has 5 nitrogen and oxygen atoms in total. The molecule has 1 aromatic heterocycles. The highest BCUT2D eigenvalue weighted by Crippen LogP contribution is 2.26. The number of nitrogens with one attached hydrogen (secondary N) is 1. The number of carbonyl (C=O) groups excluding carboxylic acids is 1. The molecular formula is C15H18N2O3. The second-order valence-electron chi connectivity index (χ2n) is 4.52. The number of aryl methyl sites for hydroxylation is 2. The van der Waals surface area contributed by atoms with Crippen molar-refractivity contribution in [3.63, 3.8) is 0 Å². The molecule has 0 aliphatic rings. The van der Waals surface area contributed by atoms with Gasteiger partial charge in [0.15, 0.2) is 0 Å². The van der Waals surface area contributed by atoms with Gasteiger partial charge >= 0.3 is 0 Å². The zero-order chi connectivity index (χ0) is 14.7. The topological polar surface area (TPSA) is 77.5 Å². The predicted octanol–water partition coefficient (Wildman–Crippen LogP) is 2.62. The first-order valence-electron chi connectivity index (χ1n) is 6.30. The molecule has 0 fully saturated rings. The Hall–Kier alpha value is -2.27. The molecule has 2 aromatic rings. The van der Waals surface area contributed by atoms with Crippen molar-refractivity contribution in [2.45, 2.75) is 20.4 Å². The Bertz CT molecular complexity index is 632. The van der Waals surface area contributed by atoms with E-state index in [2.05, 4.69) is 5.32 Å². The van der Waals surface area contributed by atoms with Crippen molar-refractivity contribution in [2.24, 2.45) is 5.73 Å². The Morgan fingerprint density at radius 2 is 2.10 bits per heavy atom. The normalized spacial score (nSPS) is 10.4. The van der Waals surface area contributed by atoms with Gasteiger partial charge in [-0.1, -0.05) is 6.07 Å². The van der Waals surface area contributed by atoms with E-state index >= 15 is 0 Å². The standard InChI is InChI=1S/C15H18N2O3/c1-9-6-12(10(2)20-9)15(18)17-13-5-4-11(8-16)7-14(13)19-3/h4-7H,8,16H2,1-3H3,(H,17,18). The lowest BCUT2D eigenvalue weighted by molar-refractivity contribution is 0.102. The Morgan fingerprint density at radius 1 is 1.35 bits per heavy atom. The van der Waals surface area contributed by atoms with Crippen molar-refractivity contribution in [2.75, 3.05) is 12.4 Å². The molecule has 20 heavy (non-hydrogen) atoms. The smallest absolute Gasteiger partial charge is 0.259 e. The number of benzene rings is 1. The quantitative estimate of drug-likeness (QED) is 0.898. The minimum atomic E-state index is -0.224. The number of methoxy groups -OCH3 is 1. The van der Waals surface area contributed by atoms with Crippen LogP contribution in [0.15, 0.2) is 28.7 Å². The summed E-state index contributed by atoms with van der Waals surface area (Å²) in [4.78, 5) is 12.2. The van der Waals surface area contributed by atoms with Crippen LogP contribution < -0.4 is 15.8 Å². The van der Waals surface area contributed by atoms with Gasteiger partial charge in [0, 0.05) is 6.54 Å². The minimum Gasteiger partial charge on any atom is -0.495 e. The molecule has 0 radical (unpaired) electrons. The highest BCUT2D eigenvalue weighted by atomic mass is 16.5. The first-order chi connectivity index (χ1) is 9.55. The monoisotopic (exact) mass is 274 g/mol. The second-order valence-corrected chi connectivity index (χ2v) is 4.52. The van der Waals surface area contributed by atoms with E-state index in [0.29, 0.717) is 35.1 Å². The van der Waals surface area contributed by atoms with Crippen LogP contribution in [-0.4, -0.2) is 13.0 Å². The van der Waals surface area contributed by atoms with Crippen LogP contribution in [0.4, 0.5) is 5.69 Å². The van der Waals surface area contributed by atoms with Crippen molar-refractivity contribution < 1.29 is 13.9 Å². The summed E-state index contributed by atoms with van der Waals surface area (Å²) in [5.74, 6) is 1.66. The average Bonchev–Trinajstić information content (AvgIpc) is 2.78. The lowest BCUT2D eigenvalue weighted by Gasteiger charge is -2.11. The SMILES string of the molecule is COc1cc(CN)ccc1NC(=O)c1cc(C)oc1C. The number of carbonyl (C=O) groups is 1. The number of hydrogen-bond acceptors (Lipinski definition) is 4. The van der Waals surface area contributed by atoms with Gasteiger partial charge in [0.1, 0.15) is 17.3 Å². The average molecular weight is 274 g/mol. The molecule has 0 spiro atoms. The highest BCUT2D eigenvalue weighted by Gasteiger charge is 2.15. The Labute approximate surface area is 117 Å². The van der Waals surface area contributed by atoms with Gasteiger partial charge in [0.05, 0.1) is 18.4 Å². The third kappa shape index (κ3) is 2.83. The summed E-state index contributed by atoms with van der Waals surface area (Å²) in [5, 5.41) is 2.82. The molecule has 1 amide bonds. The summed E-state index contributed by atoms with van der Waals surface area (Å²) in [6, 6.07) is 7.15. The number of rotatable bonds is 4. The zero-order valence-electron chi connectivity index (χ0n) is 11.8. The molecule has 0 bridgehead atoms. The molecule has 0 saturated heterocycles. The second kappa shape index (κ2) is 5.79. The summed E-state index contributed by atoms with van der Waals surface area (Å²) >= 11 is 0. The highest BCUT2D eigenvalue weighted by molar-refractivity contribution is 6.05. The number of nitrogens with two attached hydrogens (primary N) is 1. The minimum absolute atomic E-state index is 0.224.